The van der Waals surface area contributed by atoms with E-state index >= 15 is 0 Å². The van der Waals surface area contributed by atoms with E-state index in [2.05, 4.69) is 37.2 Å². The van der Waals surface area contributed by atoms with Crippen LogP contribution in [0.1, 0.15) is 10.4 Å². The number of carbonyl (C=O) groups is 1. The fourth-order valence-electron chi connectivity index (χ4n) is 1.69. The maximum absolute atomic E-state index is 12.1. The Labute approximate surface area is 134 Å². The zero-order valence-corrected chi connectivity index (χ0v) is 14.0. The number of carbonyl (C=O) groups excluding carboxylic acids is 1. The number of hydrogen-bond acceptors (Lipinski definition) is 3. The Kier molecular flexibility index (Phi) is 5.20. The van der Waals surface area contributed by atoms with Gasteiger partial charge in [0, 0.05) is 15.7 Å². The molecule has 1 N–H and O–H groups in total. The van der Waals surface area contributed by atoms with Crippen LogP contribution in [0.4, 0.5) is 5.69 Å². The average Bonchev–Trinajstić information content (AvgIpc) is 2.46. The first kappa shape index (κ1) is 15.1. The van der Waals surface area contributed by atoms with Crippen LogP contribution in [0, 0.1) is 0 Å². The Balaban J connectivity index is 2.01. The molecule has 0 saturated heterocycles. The highest BCUT2D eigenvalue weighted by Crippen LogP contribution is 2.25. The normalized spacial score (nSPS) is 10.2. The lowest BCUT2D eigenvalue weighted by Gasteiger charge is -2.08. The fraction of sp³-hybridized carbons (Fsp3) is 0.133. The molecule has 0 aliphatic rings. The van der Waals surface area contributed by atoms with Gasteiger partial charge in [0.2, 0.25) is 0 Å². The van der Waals surface area contributed by atoms with E-state index < -0.39 is 0 Å². The summed E-state index contributed by atoms with van der Waals surface area (Å²) in [6.45, 7) is 0.250. The molecule has 0 radical (unpaired) electrons. The fourth-order valence-corrected chi connectivity index (χ4v) is 2.50. The minimum Gasteiger partial charge on any atom is -0.496 e. The predicted octanol–water partition coefficient (Wildman–Crippen LogP) is 4.52. The van der Waals surface area contributed by atoms with Gasteiger partial charge in [-0.1, -0.05) is 15.9 Å². The molecule has 0 fully saturated rings. The van der Waals surface area contributed by atoms with Crippen molar-refractivity contribution in [2.45, 2.75) is 0 Å². The molecule has 0 aliphatic carbocycles. The number of ketones is 1. The number of ether oxygens (including phenoxy) is 1. The molecule has 0 amide bonds. The number of methoxy groups -OCH3 is 1. The van der Waals surface area contributed by atoms with E-state index in [0.717, 1.165) is 14.6 Å². The van der Waals surface area contributed by atoms with Crippen molar-refractivity contribution in [3.8, 4) is 5.75 Å². The highest BCUT2D eigenvalue weighted by atomic mass is 79.9. The van der Waals surface area contributed by atoms with Crippen molar-refractivity contribution in [3.05, 3.63) is 57.0 Å². The number of Topliss-reactive ketones (excluding diaryl/α,β-unsaturated/α-hetero) is 1. The molecule has 0 aromatic heterocycles. The Bertz CT molecular complexity index is 612. The average molecular weight is 399 g/mol. The van der Waals surface area contributed by atoms with Gasteiger partial charge in [0.25, 0.3) is 0 Å². The molecule has 104 valence electrons. The van der Waals surface area contributed by atoms with Crippen molar-refractivity contribution < 1.29 is 9.53 Å². The summed E-state index contributed by atoms with van der Waals surface area (Å²) in [6.07, 6.45) is 0. The Morgan fingerprint density at radius 3 is 2.45 bits per heavy atom. The van der Waals surface area contributed by atoms with E-state index in [1.165, 1.54) is 0 Å². The van der Waals surface area contributed by atoms with E-state index in [9.17, 15) is 4.79 Å². The van der Waals surface area contributed by atoms with Crippen molar-refractivity contribution in [1.82, 2.24) is 0 Å². The first-order valence-electron chi connectivity index (χ1n) is 5.96. The molecule has 0 bridgehead atoms. The number of halogens is 2. The van der Waals surface area contributed by atoms with Crippen LogP contribution in [0.15, 0.2) is 51.4 Å². The topological polar surface area (TPSA) is 38.3 Å². The molecular weight excluding hydrogens is 386 g/mol. The van der Waals surface area contributed by atoms with Crippen LogP contribution in [0.5, 0.6) is 5.75 Å². The molecule has 3 nitrogen and oxygen atoms in total. The van der Waals surface area contributed by atoms with Gasteiger partial charge in [-0.15, -0.1) is 0 Å². The van der Waals surface area contributed by atoms with Crippen LogP contribution in [0.3, 0.4) is 0 Å². The highest BCUT2D eigenvalue weighted by molar-refractivity contribution is 9.10. The SMILES string of the molecule is COc1ccc(C(=O)CNc2ccc(Br)cc2)cc1Br. The maximum atomic E-state index is 12.1. The van der Waals surface area contributed by atoms with Gasteiger partial charge in [-0.25, -0.2) is 0 Å². The van der Waals surface area contributed by atoms with E-state index in [1.54, 1.807) is 25.3 Å². The largest absolute Gasteiger partial charge is 0.496 e. The second-order valence-corrected chi connectivity index (χ2v) is 5.90. The molecule has 0 atom stereocenters. The lowest BCUT2D eigenvalue weighted by Crippen LogP contribution is -2.14. The summed E-state index contributed by atoms with van der Waals surface area (Å²) >= 11 is 6.75. The number of benzene rings is 2. The van der Waals surface area contributed by atoms with Gasteiger partial charge in [0.1, 0.15) is 5.75 Å². The van der Waals surface area contributed by atoms with Crippen molar-refractivity contribution >= 4 is 43.3 Å². The summed E-state index contributed by atoms with van der Waals surface area (Å²) in [7, 11) is 1.59. The standard InChI is InChI=1S/C15H13Br2NO2/c1-20-15-7-2-10(8-13(15)17)14(19)9-18-12-5-3-11(16)4-6-12/h2-8,18H,9H2,1H3. The second-order valence-electron chi connectivity index (χ2n) is 4.13. The zero-order valence-electron chi connectivity index (χ0n) is 10.8. The number of nitrogens with one attached hydrogen (secondary N) is 1. The van der Waals surface area contributed by atoms with Gasteiger partial charge < -0.3 is 10.1 Å². The Hall–Kier alpha value is -1.33. The zero-order chi connectivity index (χ0) is 14.5. The van der Waals surface area contributed by atoms with Crippen molar-refractivity contribution in [2.24, 2.45) is 0 Å². The Morgan fingerprint density at radius 1 is 1.15 bits per heavy atom. The molecule has 0 unspecified atom stereocenters. The molecule has 5 heteroatoms. The minimum absolute atomic E-state index is 0.0243. The maximum Gasteiger partial charge on any atom is 0.181 e. The van der Waals surface area contributed by atoms with Gasteiger partial charge >= 0.3 is 0 Å². The third-order valence-electron chi connectivity index (χ3n) is 2.77. The second kappa shape index (κ2) is 6.90. The number of hydrogen-bond donors (Lipinski definition) is 1. The summed E-state index contributed by atoms with van der Waals surface area (Å²) in [6, 6.07) is 13.0. The van der Waals surface area contributed by atoms with E-state index in [-0.39, 0.29) is 12.3 Å². The Morgan fingerprint density at radius 2 is 1.85 bits per heavy atom. The first-order valence-corrected chi connectivity index (χ1v) is 7.55. The minimum atomic E-state index is 0.0243. The van der Waals surface area contributed by atoms with Gasteiger partial charge in [0.15, 0.2) is 5.78 Å². The predicted molar refractivity (Wildman–Crippen MR) is 87.7 cm³/mol. The molecule has 0 saturated carbocycles. The lowest BCUT2D eigenvalue weighted by atomic mass is 10.1. The quantitative estimate of drug-likeness (QED) is 0.752. The van der Waals surface area contributed by atoms with Gasteiger partial charge in [-0.05, 0) is 58.4 Å². The van der Waals surface area contributed by atoms with Crippen LogP contribution in [-0.4, -0.2) is 19.4 Å². The summed E-state index contributed by atoms with van der Waals surface area (Å²) in [4.78, 5) is 12.1. The smallest absolute Gasteiger partial charge is 0.181 e. The van der Waals surface area contributed by atoms with Crippen molar-refractivity contribution in [1.29, 1.82) is 0 Å². The molecule has 0 heterocycles. The molecule has 0 aliphatic heterocycles. The molecular formula is C15H13Br2NO2. The van der Waals surface area contributed by atoms with Crippen LogP contribution in [0.25, 0.3) is 0 Å². The summed E-state index contributed by atoms with van der Waals surface area (Å²) in [5.41, 5.74) is 1.55. The third-order valence-corrected chi connectivity index (χ3v) is 3.92. The first-order chi connectivity index (χ1) is 9.60. The highest BCUT2D eigenvalue weighted by Gasteiger charge is 2.08. The third kappa shape index (κ3) is 3.84. The van der Waals surface area contributed by atoms with Gasteiger partial charge in [0.05, 0.1) is 18.1 Å². The molecule has 2 aromatic carbocycles. The molecule has 2 aromatic rings. The number of anilines is 1. The molecule has 20 heavy (non-hydrogen) atoms. The summed E-state index contributed by atoms with van der Waals surface area (Å²) in [5.74, 6) is 0.735. The van der Waals surface area contributed by atoms with Crippen LogP contribution >= 0.6 is 31.9 Å². The van der Waals surface area contributed by atoms with Crippen LogP contribution < -0.4 is 10.1 Å². The van der Waals surface area contributed by atoms with E-state index in [4.69, 9.17) is 4.74 Å². The molecule has 2 rings (SSSR count). The van der Waals surface area contributed by atoms with Crippen molar-refractivity contribution in [2.75, 3.05) is 19.0 Å². The molecule has 0 spiro atoms. The van der Waals surface area contributed by atoms with E-state index in [0.29, 0.717) is 11.3 Å². The van der Waals surface area contributed by atoms with Gasteiger partial charge in [-0.2, -0.15) is 0 Å². The van der Waals surface area contributed by atoms with E-state index in [1.807, 2.05) is 24.3 Å². The number of rotatable bonds is 5. The monoisotopic (exact) mass is 397 g/mol. The summed E-state index contributed by atoms with van der Waals surface area (Å²) in [5, 5.41) is 3.10. The van der Waals surface area contributed by atoms with Crippen molar-refractivity contribution in [3.63, 3.8) is 0 Å². The lowest BCUT2D eigenvalue weighted by molar-refractivity contribution is 0.101. The van der Waals surface area contributed by atoms with Gasteiger partial charge in [-0.3, -0.25) is 4.79 Å². The van der Waals surface area contributed by atoms with Crippen LogP contribution in [-0.2, 0) is 0 Å². The van der Waals surface area contributed by atoms with Crippen LogP contribution in [0.2, 0.25) is 0 Å². The summed E-state index contributed by atoms with van der Waals surface area (Å²) < 4.78 is 6.92.